The number of rotatable bonds is 4. The first kappa shape index (κ1) is 15.2. The number of nitrogens with one attached hydrogen (secondary N) is 1. The first-order valence-corrected chi connectivity index (χ1v) is 8.71. The molecule has 0 saturated carbocycles. The molecule has 1 unspecified atom stereocenters. The highest BCUT2D eigenvalue weighted by Gasteiger charge is 2.14. The highest BCUT2D eigenvalue weighted by atomic mass is 16.5. The van der Waals surface area contributed by atoms with E-state index in [1.165, 1.54) is 19.3 Å². The summed E-state index contributed by atoms with van der Waals surface area (Å²) in [4.78, 5) is 4.81. The summed E-state index contributed by atoms with van der Waals surface area (Å²) >= 11 is 0. The molecule has 0 spiro atoms. The number of benzene rings is 2. The van der Waals surface area contributed by atoms with Crippen molar-refractivity contribution in [1.82, 2.24) is 10.3 Å². The molecule has 4 rings (SSSR count). The molecule has 1 saturated heterocycles. The van der Waals surface area contributed by atoms with Crippen molar-refractivity contribution in [2.24, 2.45) is 0 Å². The van der Waals surface area contributed by atoms with Gasteiger partial charge in [-0.1, -0.05) is 61.0 Å². The SMILES string of the molecule is c1ccc(-c2nc(OCC3CCCCN3)cc3ccccc23)cc1. The first-order chi connectivity index (χ1) is 11.9. The Morgan fingerprint density at radius 3 is 2.67 bits per heavy atom. The predicted molar refractivity (Wildman–Crippen MR) is 98.3 cm³/mol. The van der Waals surface area contributed by atoms with E-state index in [4.69, 9.17) is 9.72 Å². The summed E-state index contributed by atoms with van der Waals surface area (Å²) in [5.74, 6) is 0.708. The summed E-state index contributed by atoms with van der Waals surface area (Å²) in [6.07, 6.45) is 3.73. The van der Waals surface area contributed by atoms with Crippen LogP contribution >= 0.6 is 0 Å². The Balaban J connectivity index is 1.66. The van der Waals surface area contributed by atoms with Gasteiger partial charge < -0.3 is 10.1 Å². The summed E-state index contributed by atoms with van der Waals surface area (Å²) in [5, 5.41) is 5.84. The molecule has 1 fully saturated rings. The Kier molecular flexibility index (Phi) is 4.43. The van der Waals surface area contributed by atoms with Crippen molar-refractivity contribution in [2.45, 2.75) is 25.3 Å². The van der Waals surface area contributed by atoms with Crippen LogP contribution in [0.4, 0.5) is 0 Å². The highest BCUT2D eigenvalue weighted by molar-refractivity contribution is 5.95. The average molecular weight is 318 g/mol. The van der Waals surface area contributed by atoms with Gasteiger partial charge in [-0.3, -0.25) is 0 Å². The molecule has 122 valence electrons. The van der Waals surface area contributed by atoms with E-state index >= 15 is 0 Å². The van der Waals surface area contributed by atoms with Crippen molar-refractivity contribution in [3.05, 3.63) is 60.7 Å². The first-order valence-electron chi connectivity index (χ1n) is 8.71. The topological polar surface area (TPSA) is 34.1 Å². The van der Waals surface area contributed by atoms with Crippen LogP contribution in [0.1, 0.15) is 19.3 Å². The zero-order chi connectivity index (χ0) is 16.2. The minimum atomic E-state index is 0.437. The fourth-order valence-corrected chi connectivity index (χ4v) is 3.32. The van der Waals surface area contributed by atoms with E-state index < -0.39 is 0 Å². The largest absolute Gasteiger partial charge is 0.476 e. The maximum Gasteiger partial charge on any atom is 0.214 e. The zero-order valence-electron chi connectivity index (χ0n) is 13.7. The molecule has 1 atom stereocenters. The number of aromatic nitrogens is 1. The van der Waals surface area contributed by atoms with E-state index in [1.54, 1.807) is 0 Å². The number of ether oxygens (including phenoxy) is 1. The van der Waals surface area contributed by atoms with Gasteiger partial charge in [0, 0.05) is 23.1 Å². The van der Waals surface area contributed by atoms with Gasteiger partial charge >= 0.3 is 0 Å². The van der Waals surface area contributed by atoms with Crippen LogP contribution in [0.5, 0.6) is 5.88 Å². The minimum absolute atomic E-state index is 0.437. The smallest absolute Gasteiger partial charge is 0.214 e. The van der Waals surface area contributed by atoms with Crippen molar-refractivity contribution in [3.8, 4) is 17.1 Å². The third-order valence-corrected chi connectivity index (χ3v) is 4.61. The second kappa shape index (κ2) is 7.02. The summed E-state index contributed by atoms with van der Waals surface area (Å²) < 4.78 is 6.04. The standard InChI is InChI=1S/C21H22N2O/c1-2-8-16(9-3-1)21-19-12-5-4-10-17(19)14-20(23-21)24-15-18-11-6-7-13-22-18/h1-5,8-10,12,14,18,22H,6-7,11,13,15H2. The summed E-state index contributed by atoms with van der Waals surface area (Å²) in [5.41, 5.74) is 2.11. The van der Waals surface area contributed by atoms with Crippen LogP contribution in [0.15, 0.2) is 60.7 Å². The van der Waals surface area contributed by atoms with E-state index in [2.05, 4.69) is 41.7 Å². The summed E-state index contributed by atoms with van der Waals surface area (Å²) in [6, 6.07) is 21.2. The van der Waals surface area contributed by atoms with Gasteiger partial charge in [-0.05, 0) is 24.8 Å². The summed E-state index contributed by atoms with van der Waals surface area (Å²) in [7, 11) is 0. The Bertz CT molecular complexity index is 810. The molecule has 1 aliphatic rings. The van der Waals surface area contributed by atoms with E-state index in [1.807, 2.05) is 24.3 Å². The van der Waals surface area contributed by atoms with E-state index in [0.717, 1.165) is 28.6 Å². The lowest BCUT2D eigenvalue weighted by atomic mass is 10.0. The fourth-order valence-electron chi connectivity index (χ4n) is 3.32. The van der Waals surface area contributed by atoms with Crippen molar-refractivity contribution in [2.75, 3.05) is 13.2 Å². The quantitative estimate of drug-likeness (QED) is 0.773. The Hall–Kier alpha value is -2.39. The second-order valence-corrected chi connectivity index (χ2v) is 6.35. The van der Waals surface area contributed by atoms with Crippen molar-refractivity contribution in [1.29, 1.82) is 0 Å². The lowest BCUT2D eigenvalue weighted by molar-refractivity contribution is 0.232. The van der Waals surface area contributed by atoms with Crippen LogP contribution in [0.2, 0.25) is 0 Å². The van der Waals surface area contributed by atoms with Gasteiger partial charge in [0.15, 0.2) is 0 Å². The molecule has 1 aliphatic heterocycles. The number of piperidine rings is 1. The number of hydrogen-bond donors (Lipinski definition) is 1. The lowest BCUT2D eigenvalue weighted by Gasteiger charge is -2.23. The second-order valence-electron chi connectivity index (χ2n) is 6.35. The molecule has 0 radical (unpaired) electrons. The van der Waals surface area contributed by atoms with Crippen molar-refractivity contribution >= 4 is 10.8 Å². The van der Waals surface area contributed by atoms with Gasteiger partial charge in [0.25, 0.3) is 0 Å². The van der Waals surface area contributed by atoms with Crippen molar-refractivity contribution in [3.63, 3.8) is 0 Å². The predicted octanol–water partition coefficient (Wildman–Crippen LogP) is 4.42. The molecular weight excluding hydrogens is 296 g/mol. The zero-order valence-corrected chi connectivity index (χ0v) is 13.7. The van der Waals surface area contributed by atoms with Gasteiger partial charge in [-0.2, -0.15) is 0 Å². The van der Waals surface area contributed by atoms with E-state index in [9.17, 15) is 0 Å². The van der Waals surface area contributed by atoms with Gasteiger partial charge in [0.1, 0.15) is 6.61 Å². The van der Waals surface area contributed by atoms with Gasteiger partial charge in [-0.25, -0.2) is 4.98 Å². The van der Waals surface area contributed by atoms with Crippen molar-refractivity contribution < 1.29 is 4.74 Å². The van der Waals surface area contributed by atoms with Crippen LogP contribution in [-0.2, 0) is 0 Å². The van der Waals surface area contributed by atoms with Crippen LogP contribution in [-0.4, -0.2) is 24.2 Å². The summed E-state index contributed by atoms with van der Waals surface area (Å²) in [6.45, 7) is 1.77. The molecule has 2 heterocycles. The number of nitrogens with zero attached hydrogens (tertiary/aromatic N) is 1. The van der Waals surface area contributed by atoms with E-state index in [-0.39, 0.29) is 0 Å². The van der Waals surface area contributed by atoms with Crippen LogP contribution in [0, 0.1) is 0 Å². The van der Waals surface area contributed by atoms with Gasteiger partial charge in [0.05, 0.1) is 5.69 Å². The maximum atomic E-state index is 6.04. The lowest BCUT2D eigenvalue weighted by Crippen LogP contribution is -2.38. The maximum absolute atomic E-state index is 6.04. The molecule has 0 amide bonds. The fraction of sp³-hybridized carbons (Fsp3) is 0.286. The number of hydrogen-bond acceptors (Lipinski definition) is 3. The number of pyridine rings is 1. The Morgan fingerprint density at radius 2 is 1.83 bits per heavy atom. The normalized spacial score (nSPS) is 17.8. The molecule has 3 heteroatoms. The van der Waals surface area contributed by atoms with E-state index in [0.29, 0.717) is 18.5 Å². The third-order valence-electron chi connectivity index (χ3n) is 4.61. The Morgan fingerprint density at radius 1 is 1.00 bits per heavy atom. The molecule has 1 aromatic heterocycles. The monoisotopic (exact) mass is 318 g/mol. The average Bonchev–Trinajstić information content (AvgIpc) is 2.67. The molecule has 3 nitrogen and oxygen atoms in total. The van der Waals surface area contributed by atoms with Gasteiger partial charge in [0.2, 0.25) is 5.88 Å². The molecule has 0 bridgehead atoms. The molecule has 2 aromatic carbocycles. The van der Waals surface area contributed by atoms with Crippen LogP contribution in [0.3, 0.4) is 0 Å². The molecule has 0 aliphatic carbocycles. The third kappa shape index (κ3) is 3.26. The molecule has 24 heavy (non-hydrogen) atoms. The highest BCUT2D eigenvalue weighted by Crippen LogP contribution is 2.29. The minimum Gasteiger partial charge on any atom is -0.476 e. The number of fused-ring (bicyclic) bond motifs is 1. The van der Waals surface area contributed by atoms with Crippen LogP contribution in [0.25, 0.3) is 22.0 Å². The van der Waals surface area contributed by atoms with Gasteiger partial charge in [-0.15, -0.1) is 0 Å². The van der Waals surface area contributed by atoms with Crippen LogP contribution < -0.4 is 10.1 Å². The molecule has 3 aromatic rings. The molecule has 1 N–H and O–H groups in total. The Labute approximate surface area is 142 Å². The molecular formula is C21H22N2O.